The summed E-state index contributed by atoms with van der Waals surface area (Å²) in [5.41, 5.74) is 2.16. The monoisotopic (exact) mass is 372 g/mol. The maximum atomic E-state index is 15.4. The summed E-state index contributed by atoms with van der Waals surface area (Å²) < 4.78 is 28.0. The summed E-state index contributed by atoms with van der Waals surface area (Å²) in [4.78, 5) is 13.6. The van der Waals surface area contributed by atoms with Crippen molar-refractivity contribution in [2.45, 2.75) is 39.9 Å². The predicted octanol–water partition coefficient (Wildman–Crippen LogP) is 3.20. The molecule has 4 rings (SSSR count). The number of ether oxygens (including phenoxy) is 1. The molecule has 1 aliphatic heterocycles. The van der Waals surface area contributed by atoms with Crippen molar-refractivity contribution in [3.63, 3.8) is 0 Å². The minimum atomic E-state index is -0.587. The lowest BCUT2D eigenvalue weighted by Gasteiger charge is -2.37. The molecule has 0 saturated carbocycles. The van der Waals surface area contributed by atoms with E-state index in [9.17, 15) is 4.79 Å². The Bertz CT molecular complexity index is 1020. The number of rotatable bonds is 3. The van der Waals surface area contributed by atoms with Crippen LogP contribution in [0, 0.1) is 19.7 Å². The molecule has 142 valence electrons. The van der Waals surface area contributed by atoms with E-state index in [4.69, 9.17) is 9.26 Å². The van der Waals surface area contributed by atoms with Crippen molar-refractivity contribution in [2.24, 2.45) is 0 Å². The highest BCUT2D eigenvalue weighted by Gasteiger charge is 2.29. The first kappa shape index (κ1) is 17.7. The zero-order valence-electron chi connectivity index (χ0n) is 15.7. The van der Waals surface area contributed by atoms with Crippen molar-refractivity contribution in [3.05, 3.63) is 34.9 Å². The SMILES string of the molecule is Cc1cc(C)n(-c2noc3c(F)c(N4CC(C)OC(C)C4)c(C=O)cc23)n1. The summed E-state index contributed by atoms with van der Waals surface area (Å²) in [5, 5.41) is 8.81. The molecule has 8 heteroatoms. The van der Waals surface area contributed by atoms with Gasteiger partial charge in [0, 0.05) is 24.3 Å². The van der Waals surface area contributed by atoms with Gasteiger partial charge in [-0.25, -0.2) is 9.07 Å². The average Bonchev–Trinajstić information content (AvgIpc) is 3.16. The van der Waals surface area contributed by atoms with E-state index in [1.165, 1.54) is 0 Å². The molecular formula is C19H21FN4O3. The minimum absolute atomic E-state index is 0.0185. The number of aromatic nitrogens is 3. The Morgan fingerprint density at radius 2 is 1.93 bits per heavy atom. The third kappa shape index (κ3) is 2.90. The Kier molecular flexibility index (Phi) is 4.22. The molecule has 0 bridgehead atoms. The summed E-state index contributed by atoms with van der Waals surface area (Å²) in [6.07, 6.45) is 0.535. The third-order valence-corrected chi connectivity index (χ3v) is 4.76. The molecule has 1 aromatic carbocycles. The highest BCUT2D eigenvalue weighted by molar-refractivity contribution is 5.97. The van der Waals surface area contributed by atoms with Crippen molar-refractivity contribution in [1.82, 2.24) is 14.9 Å². The standard InChI is InChI=1S/C19H21FN4O3/c1-10-5-11(2)24(21-10)19-15-6-14(9-25)17(16(20)18(15)27-22-19)23-7-12(3)26-13(4)8-23/h5-6,9,12-13H,7-8H2,1-4H3. The molecule has 2 aromatic heterocycles. The predicted molar refractivity (Wildman–Crippen MR) is 98.2 cm³/mol. The molecular weight excluding hydrogens is 351 g/mol. The van der Waals surface area contributed by atoms with Gasteiger partial charge in [0.05, 0.1) is 29.0 Å². The smallest absolute Gasteiger partial charge is 0.206 e. The fourth-order valence-corrected chi connectivity index (χ4v) is 3.80. The number of aldehydes is 1. The second kappa shape index (κ2) is 6.45. The molecule has 2 unspecified atom stereocenters. The number of anilines is 1. The van der Waals surface area contributed by atoms with E-state index < -0.39 is 5.82 Å². The Hall–Kier alpha value is -2.74. The van der Waals surface area contributed by atoms with Crippen molar-refractivity contribution in [1.29, 1.82) is 0 Å². The van der Waals surface area contributed by atoms with E-state index in [-0.39, 0.29) is 29.0 Å². The maximum absolute atomic E-state index is 15.4. The molecule has 1 aliphatic rings. The van der Waals surface area contributed by atoms with Gasteiger partial charge in [-0.2, -0.15) is 5.10 Å². The van der Waals surface area contributed by atoms with Crippen LogP contribution in [0.15, 0.2) is 16.7 Å². The Morgan fingerprint density at radius 1 is 1.22 bits per heavy atom. The fourth-order valence-electron chi connectivity index (χ4n) is 3.80. The number of nitrogens with zero attached hydrogens (tertiary/aromatic N) is 4. The largest absolute Gasteiger partial charge is 0.372 e. The zero-order valence-corrected chi connectivity index (χ0v) is 15.7. The molecule has 0 aliphatic carbocycles. The summed E-state index contributed by atoms with van der Waals surface area (Å²) in [7, 11) is 0. The Labute approximate surface area is 155 Å². The number of halogens is 1. The number of carbonyl (C=O) groups is 1. The molecule has 0 N–H and O–H groups in total. The second-order valence-electron chi connectivity index (χ2n) is 7.13. The van der Waals surface area contributed by atoms with Gasteiger partial charge in [-0.1, -0.05) is 5.16 Å². The molecule has 27 heavy (non-hydrogen) atoms. The highest BCUT2D eigenvalue weighted by atomic mass is 19.1. The van der Waals surface area contributed by atoms with Crippen LogP contribution < -0.4 is 4.90 Å². The van der Waals surface area contributed by atoms with Crippen molar-refractivity contribution >= 4 is 22.9 Å². The summed E-state index contributed by atoms with van der Waals surface area (Å²) in [6.45, 7) is 8.58. The van der Waals surface area contributed by atoms with Crippen LogP contribution in [0.4, 0.5) is 10.1 Å². The highest BCUT2D eigenvalue weighted by Crippen LogP contribution is 2.35. The van der Waals surface area contributed by atoms with Crippen molar-refractivity contribution in [2.75, 3.05) is 18.0 Å². The van der Waals surface area contributed by atoms with Gasteiger partial charge in [0.25, 0.3) is 0 Å². The van der Waals surface area contributed by atoms with Crippen molar-refractivity contribution < 1.29 is 18.4 Å². The minimum Gasteiger partial charge on any atom is -0.372 e. The van der Waals surface area contributed by atoms with Gasteiger partial charge in [-0.05, 0) is 39.8 Å². The van der Waals surface area contributed by atoms with Gasteiger partial charge >= 0.3 is 0 Å². The third-order valence-electron chi connectivity index (χ3n) is 4.76. The molecule has 7 nitrogen and oxygen atoms in total. The van der Waals surface area contributed by atoms with E-state index in [0.29, 0.717) is 30.6 Å². The van der Waals surface area contributed by atoms with Crippen LogP contribution >= 0.6 is 0 Å². The lowest BCUT2D eigenvalue weighted by molar-refractivity contribution is -0.00543. The van der Waals surface area contributed by atoms with E-state index in [0.717, 1.165) is 11.4 Å². The molecule has 0 amide bonds. The number of carbonyl (C=O) groups excluding carboxylic acids is 1. The number of hydrogen-bond acceptors (Lipinski definition) is 6. The van der Waals surface area contributed by atoms with Crippen LogP contribution in [0.25, 0.3) is 16.8 Å². The van der Waals surface area contributed by atoms with Gasteiger partial charge in [0.1, 0.15) is 0 Å². The second-order valence-corrected chi connectivity index (χ2v) is 7.13. The molecule has 0 spiro atoms. The first-order valence-corrected chi connectivity index (χ1v) is 8.90. The first-order chi connectivity index (χ1) is 12.9. The van der Waals surface area contributed by atoms with Gasteiger partial charge < -0.3 is 14.2 Å². The van der Waals surface area contributed by atoms with Crippen LogP contribution in [0.2, 0.25) is 0 Å². The zero-order chi connectivity index (χ0) is 19.3. The van der Waals surface area contributed by atoms with Crippen LogP contribution in [0.1, 0.15) is 35.6 Å². The quantitative estimate of drug-likeness (QED) is 0.658. The van der Waals surface area contributed by atoms with E-state index in [2.05, 4.69) is 10.3 Å². The molecule has 1 saturated heterocycles. The van der Waals surface area contributed by atoms with E-state index in [1.807, 2.05) is 38.7 Å². The van der Waals surface area contributed by atoms with Crippen LogP contribution in [-0.4, -0.2) is 46.5 Å². The molecule has 2 atom stereocenters. The van der Waals surface area contributed by atoms with Crippen LogP contribution in [-0.2, 0) is 4.74 Å². The van der Waals surface area contributed by atoms with Crippen LogP contribution in [0.3, 0.4) is 0 Å². The fraction of sp³-hybridized carbons (Fsp3) is 0.421. The van der Waals surface area contributed by atoms with Gasteiger partial charge in [-0.15, -0.1) is 0 Å². The van der Waals surface area contributed by atoms with Gasteiger partial charge in [0.15, 0.2) is 12.1 Å². The maximum Gasteiger partial charge on any atom is 0.206 e. The molecule has 1 fully saturated rings. The normalized spacial score (nSPS) is 20.4. The number of hydrogen-bond donors (Lipinski definition) is 0. The Balaban J connectivity index is 1.89. The van der Waals surface area contributed by atoms with E-state index >= 15 is 4.39 Å². The van der Waals surface area contributed by atoms with Crippen LogP contribution in [0.5, 0.6) is 0 Å². The number of morpholine rings is 1. The topological polar surface area (TPSA) is 73.4 Å². The molecule has 3 heterocycles. The van der Waals surface area contributed by atoms with E-state index in [1.54, 1.807) is 10.7 Å². The van der Waals surface area contributed by atoms with Crippen molar-refractivity contribution in [3.8, 4) is 5.82 Å². The summed E-state index contributed by atoms with van der Waals surface area (Å²) >= 11 is 0. The first-order valence-electron chi connectivity index (χ1n) is 8.90. The molecule has 0 radical (unpaired) electrons. The Morgan fingerprint density at radius 3 is 2.52 bits per heavy atom. The average molecular weight is 372 g/mol. The van der Waals surface area contributed by atoms with Gasteiger partial charge in [-0.3, -0.25) is 4.79 Å². The lowest BCUT2D eigenvalue weighted by atomic mass is 10.1. The molecule has 3 aromatic rings. The lowest BCUT2D eigenvalue weighted by Crippen LogP contribution is -2.46. The number of fused-ring (bicyclic) bond motifs is 1. The number of benzene rings is 1. The number of aryl methyl sites for hydroxylation is 2. The van der Waals surface area contributed by atoms with Gasteiger partial charge in [0.2, 0.25) is 11.4 Å². The summed E-state index contributed by atoms with van der Waals surface area (Å²) in [6, 6.07) is 3.51. The summed E-state index contributed by atoms with van der Waals surface area (Å²) in [5.74, 6) is -0.218.